The number of hydrogen-bond donors (Lipinski definition) is 2. The lowest BCUT2D eigenvalue weighted by Gasteiger charge is -2.11. The average Bonchev–Trinajstić information content (AvgIpc) is 2.91. The molecule has 1 aliphatic heterocycles. The minimum absolute atomic E-state index is 0.0903. The van der Waals surface area contributed by atoms with E-state index in [0.29, 0.717) is 6.54 Å². The zero-order valence-electron chi connectivity index (χ0n) is 10.7. The third-order valence-electron chi connectivity index (χ3n) is 3.67. The minimum atomic E-state index is -0.0903. The Balaban J connectivity index is 1.75. The van der Waals surface area contributed by atoms with Gasteiger partial charge in [0.2, 0.25) is 5.91 Å². The maximum Gasteiger partial charge on any atom is 0.239 e. The molecule has 5 heteroatoms. The van der Waals surface area contributed by atoms with Crippen molar-refractivity contribution in [3.05, 3.63) is 35.0 Å². The maximum atomic E-state index is 11.8. The molecule has 0 spiro atoms. The van der Waals surface area contributed by atoms with Crippen LogP contribution in [0.5, 0.6) is 0 Å². The Morgan fingerprint density at radius 3 is 2.95 bits per heavy atom. The smallest absolute Gasteiger partial charge is 0.239 e. The van der Waals surface area contributed by atoms with Gasteiger partial charge in [-0.25, -0.2) is 0 Å². The van der Waals surface area contributed by atoms with Gasteiger partial charge in [-0.15, -0.1) is 0 Å². The van der Waals surface area contributed by atoms with Gasteiger partial charge in [0.05, 0.1) is 11.1 Å². The number of aromatic nitrogens is 1. The van der Waals surface area contributed by atoms with Crippen LogP contribution in [0.1, 0.15) is 12.1 Å². The molecule has 2 heterocycles. The van der Waals surface area contributed by atoms with Gasteiger partial charge >= 0.3 is 0 Å². The van der Waals surface area contributed by atoms with Crippen LogP contribution in [0.4, 0.5) is 0 Å². The second-order valence-electron chi connectivity index (χ2n) is 4.95. The predicted molar refractivity (Wildman–Crippen MR) is 76.2 cm³/mol. The molecule has 0 bridgehead atoms. The minimum Gasteiger partial charge on any atom is -0.356 e. The molecule has 1 atom stereocenters. The van der Waals surface area contributed by atoms with E-state index in [1.807, 2.05) is 31.3 Å². The lowest BCUT2D eigenvalue weighted by atomic mass is 10.2. The van der Waals surface area contributed by atoms with Crippen LogP contribution in [-0.2, 0) is 11.3 Å². The molecule has 3 rings (SSSR count). The van der Waals surface area contributed by atoms with E-state index in [4.69, 9.17) is 11.6 Å². The molecule has 1 unspecified atom stereocenters. The molecule has 0 saturated carbocycles. The number of likely N-dealkylation sites (tertiary alicyclic amines) is 1. The summed E-state index contributed by atoms with van der Waals surface area (Å²) in [6.07, 6.45) is 0.854. The molecule has 1 amide bonds. The van der Waals surface area contributed by atoms with Crippen molar-refractivity contribution < 1.29 is 4.79 Å². The summed E-state index contributed by atoms with van der Waals surface area (Å²) in [6, 6.07) is 7.84. The van der Waals surface area contributed by atoms with Gasteiger partial charge in [0.15, 0.2) is 0 Å². The van der Waals surface area contributed by atoms with Gasteiger partial charge in [-0.3, -0.25) is 4.79 Å². The Hall–Kier alpha value is -1.52. The van der Waals surface area contributed by atoms with Crippen LogP contribution in [-0.4, -0.2) is 35.4 Å². The number of fused-ring (bicyclic) bond motifs is 1. The summed E-state index contributed by atoms with van der Waals surface area (Å²) in [7, 11) is 1.83. The molecule has 2 N–H and O–H groups in total. The van der Waals surface area contributed by atoms with E-state index in [1.165, 1.54) is 0 Å². The second kappa shape index (κ2) is 4.87. The van der Waals surface area contributed by atoms with E-state index < -0.39 is 0 Å². The first kappa shape index (κ1) is 12.5. The number of rotatable bonds is 3. The third kappa shape index (κ3) is 2.22. The summed E-state index contributed by atoms with van der Waals surface area (Å²) in [5.74, 6) is 0.159. The summed E-state index contributed by atoms with van der Waals surface area (Å²) < 4.78 is 0. The molecule has 1 saturated heterocycles. The number of halogens is 1. The first-order chi connectivity index (χ1) is 9.16. The van der Waals surface area contributed by atoms with Crippen molar-refractivity contribution in [2.75, 3.05) is 13.6 Å². The monoisotopic (exact) mass is 277 g/mol. The molecule has 1 aromatic heterocycles. The number of hydrogen-bond acceptors (Lipinski definition) is 2. The van der Waals surface area contributed by atoms with Gasteiger partial charge < -0.3 is 15.2 Å². The van der Waals surface area contributed by atoms with E-state index >= 15 is 0 Å². The number of likely N-dealkylation sites (N-methyl/N-ethyl adjacent to an activating group) is 1. The number of carbonyl (C=O) groups is 1. The Kier molecular flexibility index (Phi) is 3.21. The SMILES string of the molecule is CN1CCC(NCc2[nH]c3ccccc3c2Cl)C1=O. The first-order valence-corrected chi connectivity index (χ1v) is 6.78. The molecule has 1 aliphatic rings. The standard InChI is InChI=1S/C14H16ClN3O/c1-18-7-6-11(14(18)19)16-8-12-13(15)9-4-2-3-5-10(9)17-12/h2-5,11,16-17H,6-8H2,1H3. The highest BCUT2D eigenvalue weighted by Crippen LogP contribution is 2.27. The highest BCUT2D eigenvalue weighted by atomic mass is 35.5. The van der Waals surface area contributed by atoms with Crippen LogP contribution in [0.15, 0.2) is 24.3 Å². The van der Waals surface area contributed by atoms with Gasteiger partial charge in [-0.1, -0.05) is 29.8 Å². The molecule has 2 aromatic rings. The molecule has 100 valence electrons. The van der Waals surface area contributed by atoms with Crippen molar-refractivity contribution in [3.8, 4) is 0 Å². The molecule has 1 aromatic carbocycles. The molecule has 0 aliphatic carbocycles. The number of benzene rings is 1. The Morgan fingerprint density at radius 1 is 1.47 bits per heavy atom. The quantitative estimate of drug-likeness (QED) is 0.903. The van der Waals surface area contributed by atoms with Gasteiger partial charge in [0.25, 0.3) is 0 Å². The van der Waals surface area contributed by atoms with Gasteiger partial charge in [-0.05, 0) is 12.5 Å². The Morgan fingerprint density at radius 2 is 2.26 bits per heavy atom. The predicted octanol–water partition coefficient (Wildman–Crippen LogP) is 2.14. The second-order valence-corrected chi connectivity index (χ2v) is 5.32. The molecule has 1 fully saturated rings. The molecular weight excluding hydrogens is 262 g/mol. The number of amides is 1. The van der Waals surface area contributed by atoms with Gasteiger partial charge in [0, 0.05) is 36.7 Å². The summed E-state index contributed by atoms with van der Waals surface area (Å²) in [5, 5.41) is 5.03. The lowest BCUT2D eigenvalue weighted by molar-refractivity contribution is -0.128. The van der Waals surface area contributed by atoms with Crippen molar-refractivity contribution in [1.29, 1.82) is 0 Å². The Bertz CT molecular complexity index is 622. The molecule has 0 radical (unpaired) electrons. The van der Waals surface area contributed by atoms with E-state index in [2.05, 4.69) is 10.3 Å². The zero-order valence-corrected chi connectivity index (χ0v) is 11.5. The molecule has 4 nitrogen and oxygen atoms in total. The summed E-state index contributed by atoms with van der Waals surface area (Å²) in [4.78, 5) is 16.9. The summed E-state index contributed by atoms with van der Waals surface area (Å²) in [5.41, 5.74) is 1.96. The number of H-pyrrole nitrogens is 1. The van der Waals surface area contributed by atoms with Gasteiger partial charge in [0.1, 0.15) is 0 Å². The van der Waals surface area contributed by atoms with E-state index in [1.54, 1.807) is 4.90 Å². The van der Waals surface area contributed by atoms with Crippen LogP contribution in [0.3, 0.4) is 0 Å². The van der Waals surface area contributed by atoms with Crippen LogP contribution in [0.25, 0.3) is 10.9 Å². The topological polar surface area (TPSA) is 48.1 Å². The molecule has 19 heavy (non-hydrogen) atoms. The average molecular weight is 278 g/mol. The molecular formula is C14H16ClN3O. The zero-order chi connectivity index (χ0) is 13.4. The normalized spacial score (nSPS) is 19.6. The van der Waals surface area contributed by atoms with Crippen LogP contribution >= 0.6 is 11.6 Å². The number of carbonyl (C=O) groups excluding carboxylic acids is 1. The number of nitrogens with one attached hydrogen (secondary N) is 2. The highest BCUT2D eigenvalue weighted by molar-refractivity contribution is 6.36. The maximum absolute atomic E-state index is 11.8. The van der Waals surface area contributed by atoms with Gasteiger partial charge in [-0.2, -0.15) is 0 Å². The first-order valence-electron chi connectivity index (χ1n) is 6.40. The fraction of sp³-hybridized carbons (Fsp3) is 0.357. The Labute approximate surface area is 116 Å². The van der Waals surface area contributed by atoms with Crippen molar-refractivity contribution >= 4 is 28.4 Å². The van der Waals surface area contributed by atoms with Crippen LogP contribution in [0, 0.1) is 0 Å². The van der Waals surface area contributed by atoms with Crippen molar-refractivity contribution in [3.63, 3.8) is 0 Å². The summed E-state index contributed by atoms with van der Waals surface area (Å²) >= 11 is 6.34. The largest absolute Gasteiger partial charge is 0.356 e. The van der Waals surface area contributed by atoms with Crippen molar-refractivity contribution in [2.24, 2.45) is 0 Å². The third-order valence-corrected chi connectivity index (χ3v) is 4.10. The lowest BCUT2D eigenvalue weighted by Crippen LogP contribution is -2.36. The van der Waals surface area contributed by atoms with Crippen molar-refractivity contribution in [2.45, 2.75) is 19.0 Å². The number of para-hydroxylation sites is 1. The van der Waals surface area contributed by atoms with Crippen molar-refractivity contribution in [1.82, 2.24) is 15.2 Å². The fourth-order valence-electron chi connectivity index (χ4n) is 2.52. The van der Waals surface area contributed by atoms with E-state index in [-0.39, 0.29) is 11.9 Å². The number of nitrogens with zero attached hydrogens (tertiary/aromatic N) is 1. The highest BCUT2D eigenvalue weighted by Gasteiger charge is 2.28. The summed E-state index contributed by atoms with van der Waals surface area (Å²) in [6.45, 7) is 1.40. The fourth-order valence-corrected chi connectivity index (χ4v) is 2.80. The number of aromatic amines is 1. The van der Waals surface area contributed by atoms with Crippen LogP contribution in [0.2, 0.25) is 5.02 Å². The van der Waals surface area contributed by atoms with E-state index in [0.717, 1.165) is 34.6 Å². The van der Waals surface area contributed by atoms with E-state index in [9.17, 15) is 4.79 Å². The van der Waals surface area contributed by atoms with Crippen LogP contribution < -0.4 is 5.32 Å².